The van der Waals surface area contributed by atoms with Crippen LogP contribution in [0.25, 0.3) is 0 Å². The highest BCUT2D eigenvalue weighted by molar-refractivity contribution is 9.10. The number of halogens is 1. The molecule has 19 heavy (non-hydrogen) atoms. The predicted octanol–water partition coefficient (Wildman–Crippen LogP) is 2.09. The topological polar surface area (TPSA) is 92.9 Å². The summed E-state index contributed by atoms with van der Waals surface area (Å²) in [6.45, 7) is 1.86. The molecule has 0 aliphatic carbocycles. The Morgan fingerprint density at radius 3 is 2.89 bits per heavy atom. The van der Waals surface area contributed by atoms with Crippen LogP contribution in [0, 0.1) is 6.92 Å². The van der Waals surface area contributed by atoms with E-state index in [1.165, 1.54) is 0 Å². The number of hydrazine groups is 1. The van der Waals surface area contributed by atoms with Crippen LogP contribution >= 0.6 is 15.9 Å². The van der Waals surface area contributed by atoms with Crippen molar-refractivity contribution >= 4 is 33.5 Å². The number of amides is 1. The number of carbonyl (C=O) groups excluding carboxylic acids is 1. The molecular formula is C12H12BrN5O. The molecule has 1 amide bonds. The molecule has 0 spiro atoms. The summed E-state index contributed by atoms with van der Waals surface area (Å²) in [5, 5.41) is 2.70. The van der Waals surface area contributed by atoms with Gasteiger partial charge in [-0.3, -0.25) is 4.79 Å². The second kappa shape index (κ2) is 5.77. The lowest BCUT2D eigenvalue weighted by molar-refractivity contribution is 0.102. The summed E-state index contributed by atoms with van der Waals surface area (Å²) in [5.74, 6) is 5.84. The van der Waals surface area contributed by atoms with Crippen LogP contribution in [0.3, 0.4) is 0 Å². The van der Waals surface area contributed by atoms with Gasteiger partial charge in [-0.1, -0.05) is 6.07 Å². The highest BCUT2D eigenvalue weighted by Gasteiger charge is 2.10. The molecule has 2 aromatic rings. The number of pyridine rings is 2. The summed E-state index contributed by atoms with van der Waals surface area (Å²) in [4.78, 5) is 20.2. The Kier molecular flexibility index (Phi) is 4.08. The molecule has 0 unspecified atom stereocenters. The maximum Gasteiger partial charge on any atom is 0.275 e. The second-order valence-corrected chi connectivity index (χ2v) is 4.74. The van der Waals surface area contributed by atoms with Crippen molar-refractivity contribution in [1.29, 1.82) is 0 Å². The number of nitrogens with one attached hydrogen (secondary N) is 2. The third kappa shape index (κ3) is 3.27. The monoisotopic (exact) mass is 321 g/mol. The molecule has 0 saturated heterocycles. The molecule has 0 aliphatic heterocycles. The van der Waals surface area contributed by atoms with Crippen LogP contribution in [-0.4, -0.2) is 15.9 Å². The van der Waals surface area contributed by atoms with E-state index in [1.54, 1.807) is 24.4 Å². The van der Waals surface area contributed by atoms with Gasteiger partial charge in [0.05, 0.1) is 0 Å². The van der Waals surface area contributed by atoms with E-state index >= 15 is 0 Å². The summed E-state index contributed by atoms with van der Waals surface area (Å²) < 4.78 is 0.857. The summed E-state index contributed by atoms with van der Waals surface area (Å²) in [6.07, 6.45) is 1.62. The Labute approximate surface area is 118 Å². The zero-order valence-corrected chi connectivity index (χ0v) is 11.7. The molecule has 0 fully saturated rings. The van der Waals surface area contributed by atoms with Crippen molar-refractivity contribution in [3.05, 3.63) is 46.2 Å². The highest BCUT2D eigenvalue weighted by atomic mass is 79.9. The van der Waals surface area contributed by atoms with Crippen LogP contribution in [0.2, 0.25) is 0 Å². The van der Waals surface area contributed by atoms with E-state index in [1.807, 2.05) is 13.0 Å². The summed E-state index contributed by atoms with van der Waals surface area (Å²) in [6, 6.07) is 6.83. The molecule has 0 radical (unpaired) electrons. The number of anilines is 2. The number of aromatic nitrogens is 2. The van der Waals surface area contributed by atoms with Gasteiger partial charge >= 0.3 is 0 Å². The molecule has 0 aromatic carbocycles. The van der Waals surface area contributed by atoms with Gasteiger partial charge in [0, 0.05) is 10.7 Å². The standard InChI is InChI=1S/C12H12BrN5O/c1-7-5-8(13)6-15-11(7)17-12(19)9-3-2-4-10(16-9)18-14/h2-6H,14H2,1H3,(H,16,18)(H,15,17,19). The average Bonchev–Trinajstić information content (AvgIpc) is 2.42. The molecule has 0 atom stereocenters. The minimum absolute atomic E-state index is 0.263. The summed E-state index contributed by atoms with van der Waals surface area (Å²) >= 11 is 3.32. The van der Waals surface area contributed by atoms with Crippen LogP contribution in [-0.2, 0) is 0 Å². The van der Waals surface area contributed by atoms with Gasteiger partial charge in [0.2, 0.25) is 0 Å². The third-order valence-electron chi connectivity index (χ3n) is 2.41. The fourth-order valence-electron chi connectivity index (χ4n) is 1.48. The lowest BCUT2D eigenvalue weighted by Gasteiger charge is -2.08. The smallest absolute Gasteiger partial charge is 0.275 e. The SMILES string of the molecule is Cc1cc(Br)cnc1NC(=O)c1cccc(NN)n1. The largest absolute Gasteiger partial charge is 0.308 e. The minimum Gasteiger partial charge on any atom is -0.308 e. The zero-order valence-electron chi connectivity index (χ0n) is 10.1. The van der Waals surface area contributed by atoms with Gasteiger partial charge in [0.25, 0.3) is 5.91 Å². The Morgan fingerprint density at radius 2 is 2.21 bits per heavy atom. The Bertz CT molecular complexity index is 617. The fourth-order valence-corrected chi connectivity index (χ4v) is 1.93. The molecule has 2 aromatic heterocycles. The number of nitrogens with two attached hydrogens (primary N) is 1. The van der Waals surface area contributed by atoms with Gasteiger partial charge in [0.15, 0.2) is 0 Å². The van der Waals surface area contributed by atoms with E-state index in [0.29, 0.717) is 11.6 Å². The molecule has 98 valence electrons. The van der Waals surface area contributed by atoms with E-state index in [-0.39, 0.29) is 11.6 Å². The second-order valence-electron chi connectivity index (χ2n) is 3.83. The van der Waals surface area contributed by atoms with Crippen molar-refractivity contribution in [3.63, 3.8) is 0 Å². The van der Waals surface area contributed by atoms with Gasteiger partial charge < -0.3 is 10.7 Å². The lowest BCUT2D eigenvalue weighted by Crippen LogP contribution is -2.17. The molecule has 0 aliphatic rings. The normalized spacial score (nSPS) is 10.1. The van der Waals surface area contributed by atoms with Gasteiger partial charge in [-0.05, 0) is 46.6 Å². The van der Waals surface area contributed by atoms with Crippen LogP contribution in [0.5, 0.6) is 0 Å². The highest BCUT2D eigenvalue weighted by Crippen LogP contribution is 2.17. The lowest BCUT2D eigenvalue weighted by atomic mass is 10.2. The Morgan fingerprint density at radius 1 is 1.42 bits per heavy atom. The maximum absolute atomic E-state index is 12.0. The van der Waals surface area contributed by atoms with Crippen molar-refractivity contribution in [1.82, 2.24) is 9.97 Å². The quantitative estimate of drug-likeness (QED) is 0.594. The number of hydrogen-bond donors (Lipinski definition) is 3. The number of hydrogen-bond acceptors (Lipinski definition) is 5. The van der Waals surface area contributed by atoms with E-state index in [9.17, 15) is 4.79 Å². The molecule has 0 bridgehead atoms. The molecular weight excluding hydrogens is 310 g/mol. The average molecular weight is 322 g/mol. The molecule has 7 heteroatoms. The van der Waals surface area contributed by atoms with Gasteiger partial charge in [-0.2, -0.15) is 0 Å². The van der Waals surface area contributed by atoms with Crippen molar-refractivity contribution in [2.24, 2.45) is 5.84 Å². The van der Waals surface area contributed by atoms with E-state index in [2.05, 4.69) is 36.6 Å². The predicted molar refractivity (Wildman–Crippen MR) is 76.7 cm³/mol. The first-order chi connectivity index (χ1) is 9.10. The molecule has 6 nitrogen and oxygen atoms in total. The Balaban J connectivity index is 2.20. The molecule has 0 saturated carbocycles. The molecule has 2 rings (SSSR count). The third-order valence-corrected chi connectivity index (χ3v) is 2.84. The fraction of sp³-hybridized carbons (Fsp3) is 0.0833. The van der Waals surface area contributed by atoms with Crippen LogP contribution < -0.4 is 16.6 Å². The number of rotatable bonds is 3. The number of aryl methyl sites for hydroxylation is 1. The maximum atomic E-state index is 12.0. The number of nitrogens with zero attached hydrogens (tertiary/aromatic N) is 2. The van der Waals surface area contributed by atoms with E-state index < -0.39 is 0 Å². The summed E-state index contributed by atoms with van der Waals surface area (Å²) in [5.41, 5.74) is 3.51. The first-order valence-corrected chi connectivity index (χ1v) is 6.26. The van der Waals surface area contributed by atoms with Crippen LogP contribution in [0.15, 0.2) is 34.9 Å². The van der Waals surface area contributed by atoms with Gasteiger partial charge in [-0.15, -0.1) is 0 Å². The zero-order chi connectivity index (χ0) is 13.8. The van der Waals surface area contributed by atoms with Gasteiger partial charge in [-0.25, -0.2) is 15.8 Å². The molecule has 2 heterocycles. The molecule has 4 N–H and O–H groups in total. The van der Waals surface area contributed by atoms with Crippen LogP contribution in [0.1, 0.15) is 16.1 Å². The summed E-state index contributed by atoms with van der Waals surface area (Å²) in [7, 11) is 0. The number of carbonyl (C=O) groups is 1. The minimum atomic E-state index is -0.338. The van der Waals surface area contributed by atoms with E-state index in [4.69, 9.17) is 5.84 Å². The van der Waals surface area contributed by atoms with E-state index in [0.717, 1.165) is 10.0 Å². The van der Waals surface area contributed by atoms with Crippen molar-refractivity contribution in [3.8, 4) is 0 Å². The van der Waals surface area contributed by atoms with Crippen molar-refractivity contribution in [2.45, 2.75) is 6.92 Å². The first kappa shape index (κ1) is 13.4. The van der Waals surface area contributed by atoms with Crippen molar-refractivity contribution in [2.75, 3.05) is 10.7 Å². The van der Waals surface area contributed by atoms with Crippen LogP contribution in [0.4, 0.5) is 11.6 Å². The first-order valence-electron chi connectivity index (χ1n) is 5.47. The van der Waals surface area contributed by atoms with Gasteiger partial charge in [0.1, 0.15) is 17.3 Å². The Hall–Kier alpha value is -1.99. The number of nitrogen functional groups attached to an aromatic ring is 1. The van der Waals surface area contributed by atoms with Crippen molar-refractivity contribution < 1.29 is 4.79 Å².